The molecule has 1 aliphatic rings. The van der Waals surface area contributed by atoms with Crippen molar-refractivity contribution in [1.29, 1.82) is 0 Å². The number of anilines is 1. The first-order valence-electron chi connectivity index (χ1n) is 5.38. The van der Waals surface area contributed by atoms with Crippen LogP contribution in [0.1, 0.15) is 19.8 Å². The number of para-hydroxylation sites is 1. The first-order valence-corrected chi connectivity index (χ1v) is 5.38. The fourth-order valence-electron chi connectivity index (χ4n) is 1.54. The maximum Gasteiger partial charge on any atom is 0.339 e. The molecule has 1 saturated carbocycles. The highest BCUT2D eigenvalue weighted by Crippen LogP contribution is 2.31. The molecule has 2 N–H and O–H groups in total. The lowest BCUT2D eigenvalue weighted by Crippen LogP contribution is -2.32. The van der Waals surface area contributed by atoms with Gasteiger partial charge in [-0.25, -0.2) is 4.79 Å². The summed E-state index contributed by atoms with van der Waals surface area (Å²) in [5.74, 6) is 0.533. The zero-order valence-corrected chi connectivity index (χ0v) is 9.26. The number of hydrazone groups is 1. The van der Waals surface area contributed by atoms with Gasteiger partial charge in [-0.15, -0.1) is 0 Å². The van der Waals surface area contributed by atoms with Gasteiger partial charge in [0.25, 0.3) is 0 Å². The zero-order valence-electron chi connectivity index (χ0n) is 9.26. The highest BCUT2D eigenvalue weighted by Gasteiger charge is 2.25. The molecule has 2 rings (SSSR count). The SMILES string of the molecule is C/C(=N\N(C(N)=O)c1ccccc1)C1CC1. The van der Waals surface area contributed by atoms with E-state index < -0.39 is 6.03 Å². The predicted octanol–water partition coefficient (Wildman–Crippen LogP) is 2.36. The van der Waals surface area contributed by atoms with Crippen molar-refractivity contribution in [2.75, 3.05) is 5.01 Å². The maximum atomic E-state index is 11.3. The van der Waals surface area contributed by atoms with Crippen molar-refractivity contribution in [3.05, 3.63) is 30.3 Å². The lowest BCUT2D eigenvalue weighted by atomic mass is 10.3. The van der Waals surface area contributed by atoms with Crippen LogP contribution in [0, 0.1) is 5.92 Å². The number of hydrogen-bond donors (Lipinski definition) is 1. The van der Waals surface area contributed by atoms with Gasteiger partial charge in [-0.3, -0.25) is 0 Å². The molecule has 0 heterocycles. The number of carbonyl (C=O) groups is 1. The van der Waals surface area contributed by atoms with Crippen molar-refractivity contribution in [3.63, 3.8) is 0 Å². The highest BCUT2D eigenvalue weighted by atomic mass is 16.2. The van der Waals surface area contributed by atoms with E-state index in [-0.39, 0.29) is 0 Å². The van der Waals surface area contributed by atoms with E-state index >= 15 is 0 Å². The topological polar surface area (TPSA) is 58.7 Å². The molecule has 0 saturated heterocycles. The van der Waals surface area contributed by atoms with Crippen LogP contribution in [0.15, 0.2) is 35.4 Å². The van der Waals surface area contributed by atoms with Crippen molar-refractivity contribution in [1.82, 2.24) is 0 Å². The average molecular weight is 217 g/mol. The normalized spacial score (nSPS) is 15.9. The van der Waals surface area contributed by atoms with Gasteiger partial charge in [0.05, 0.1) is 5.69 Å². The standard InChI is InChI=1S/C12H15N3O/c1-9(10-7-8-10)14-15(12(13)16)11-5-3-2-4-6-11/h2-6,10H,7-8H2,1H3,(H2,13,16)/b14-9+. The predicted molar refractivity (Wildman–Crippen MR) is 64.3 cm³/mol. The van der Waals surface area contributed by atoms with E-state index in [2.05, 4.69) is 5.10 Å². The fourth-order valence-corrected chi connectivity index (χ4v) is 1.54. The Morgan fingerprint density at radius 3 is 2.50 bits per heavy atom. The molecule has 0 aromatic heterocycles. The third kappa shape index (κ3) is 2.39. The third-order valence-electron chi connectivity index (χ3n) is 2.64. The van der Waals surface area contributed by atoms with Gasteiger partial charge in [0, 0.05) is 5.71 Å². The van der Waals surface area contributed by atoms with Crippen LogP contribution in [0.5, 0.6) is 0 Å². The van der Waals surface area contributed by atoms with E-state index in [0.29, 0.717) is 11.6 Å². The van der Waals surface area contributed by atoms with Gasteiger partial charge in [-0.2, -0.15) is 10.1 Å². The van der Waals surface area contributed by atoms with Crippen LogP contribution < -0.4 is 10.7 Å². The minimum absolute atomic E-state index is 0.533. The molecule has 1 aliphatic carbocycles. The summed E-state index contributed by atoms with van der Waals surface area (Å²) in [7, 11) is 0. The Balaban J connectivity index is 2.24. The van der Waals surface area contributed by atoms with Crippen LogP contribution >= 0.6 is 0 Å². The number of nitrogens with zero attached hydrogens (tertiary/aromatic N) is 2. The van der Waals surface area contributed by atoms with Crippen LogP contribution in [0.25, 0.3) is 0 Å². The number of benzene rings is 1. The van der Waals surface area contributed by atoms with E-state index in [4.69, 9.17) is 5.73 Å². The van der Waals surface area contributed by atoms with E-state index in [0.717, 1.165) is 18.6 Å². The summed E-state index contributed by atoms with van der Waals surface area (Å²) in [6.45, 7) is 1.94. The summed E-state index contributed by atoms with van der Waals surface area (Å²) in [4.78, 5) is 11.3. The smallest absolute Gasteiger partial charge is 0.339 e. The molecule has 1 fully saturated rings. The molecule has 1 aromatic carbocycles. The highest BCUT2D eigenvalue weighted by molar-refractivity contribution is 5.95. The monoisotopic (exact) mass is 217 g/mol. The van der Waals surface area contributed by atoms with Crippen molar-refractivity contribution in [3.8, 4) is 0 Å². The second kappa shape index (κ2) is 4.35. The van der Waals surface area contributed by atoms with Gasteiger partial charge in [0.15, 0.2) is 0 Å². The molecule has 0 unspecified atom stereocenters. The number of primary amides is 1. The lowest BCUT2D eigenvalue weighted by Gasteiger charge is -2.15. The van der Waals surface area contributed by atoms with Crippen LogP contribution in [-0.2, 0) is 0 Å². The van der Waals surface area contributed by atoms with Gasteiger partial charge in [0.2, 0.25) is 0 Å². The third-order valence-corrected chi connectivity index (χ3v) is 2.64. The van der Waals surface area contributed by atoms with Crippen molar-refractivity contribution < 1.29 is 4.79 Å². The Bertz CT molecular complexity index is 410. The summed E-state index contributed by atoms with van der Waals surface area (Å²) in [5, 5.41) is 5.54. The molecule has 0 aliphatic heterocycles. The first-order chi connectivity index (χ1) is 7.68. The number of hydrogen-bond acceptors (Lipinski definition) is 2. The number of amides is 2. The van der Waals surface area contributed by atoms with E-state index in [1.807, 2.05) is 37.3 Å². The minimum atomic E-state index is -0.550. The first kappa shape index (κ1) is 10.7. The minimum Gasteiger partial charge on any atom is -0.350 e. The van der Waals surface area contributed by atoms with Crippen molar-refractivity contribution in [2.45, 2.75) is 19.8 Å². The average Bonchev–Trinajstić information content (AvgIpc) is 3.10. The Hall–Kier alpha value is -1.84. The van der Waals surface area contributed by atoms with Crippen molar-refractivity contribution >= 4 is 17.4 Å². The molecule has 0 atom stereocenters. The second-order valence-electron chi connectivity index (χ2n) is 4.00. The van der Waals surface area contributed by atoms with E-state index in [9.17, 15) is 4.79 Å². The van der Waals surface area contributed by atoms with Gasteiger partial charge >= 0.3 is 6.03 Å². The van der Waals surface area contributed by atoms with Gasteiger partial charge in [-0.1, -0.05) is 18.2 Å². The Kier molecular flexibility index (Phi) is 2.90. The second-order valence-corrected chi connectivity index (χ2v) is 4.00. The molecule has 16 heavy (non-hydrogen) atoms. The largest absolute Gasteiger partial charge is 0.350 e. The van der Waals surface area contributed by atoms with Crippen molar-refractivity contribution in [2.24, 2.45) is 16.8 Å². The molecule has 1 aromatic rings. The molecule has 2 amide bonds. The molecule has 0 spiro atoms. The molecular weight excluding hydrogens is 202 g/mol. The number of carbonyl (C=O) groups excluding carboxylic acids is 1. The summed E-state index contributed by atoms with van der Waals surface area (Å²) in [6.07, 6.45) is 2.33. The van der Waals surface area contributed by atoms with Crippen LogP contribution in [-0.4, -0.2) is 11.7 Å². The Morgan fingerprint density at radius 2 is 2.00 bits per heavy atom. The summed E-state index contributed by atoms with van der Waals surface area (Å²) in [6, 6.07) is 8.68. The number of rotatable bonds is 3. The van der Waals surface area contributed by atoms with Crippen LogP contribution in [0.3, 0.4) is 0 Å². The molecule has 4 heteroatoms. The van der Waals surface area contributed by atoms with Gasteiger partial charge in [-0.05, 0) is 37.8 Å². The molecule has 84 valence electrons. The maximum absolute atomic E-state index is 11.3. The van der Waals surface area contributed by atoms with Crippen LogP contribution in [0.4, 0.5) is 10.5 Å². The number of nitrogens with two attached hydrogens (primary N) is 1. The number of urea groups is 1. The molecular formula is C12H15N3O. The van der Waals surface area contributed by atoms with Gasteiger partial charge < -0.3 is 5.73 Å². The Labute approximate surface area is 94.7 Å². The lowest BCUT2D eigenvalue weighted by molar-refractivity contribution is 0.254. The quantitative estimate of drug-likeness (QED) is 0.613. The zero-order chi connectivity index (χ0) is 11.5. The summed E-state index contributed by atoms with van der Waals surface area (Å²) >= 11 is 0. The molecule has 0 radical (unpaired) electrons. The fraction of sp³-hybridized carbons (Fsp3) is 0.333. The van der Waals surface area contributed by atoms with Crippen LogP contribution in [0.2, 0.25) is 0 Å². The Morgan fingerprint density at radius 1 is 1.38 bits per heavy atom. The summed E-state index contributed by atoms with van der Waals surface area (Å²) < 4.78 is 0. The molecule has 4 nitrogen and oxygen atoms in total. The molecule has 0 bridgehead atoms. The van der Waals surface area contributed by atoms with E-state index in [1.165, 1.54) is 5.01 Å². The van der Waals surface area contributed by atoms with Gasteiger partial charge in [0.1, 0.15) is 0 Å². The summed E-state index contributed by atoms with van der Waals surface area (Å²) in [5.41, 5.74) is 7.00. The van der Waals surface area contributed by atoms with E-state index in [1.54, 1.807) is 0 Å².